The van der Waals surface area contributed by atoms with E-state index in [0.717, 1.165) is 5.69 Å². The van der Waals surface area contributed by atoms with E-state index in [1.54, 1.807) is 25.3 Å². The minimum absolute atomic E-state index is 0.403. The molecule has 1 aromatic carbocycles. The van der Waals surface area contributed by atoms with Gasteiger partial charge in [0, 0.05) is 20.2 Å². The summed E-state index contributed by atoms with van der Waals surface area (Å²) in [5, 5.41) is 17.6. The van der Waals surface area contributed by atoms with Crippen molar-refractivity contribution < 1.29 is 4.74 Å². The Morgan fingerprint density at radius 1 is 1.33 bits per heavy atom. The standard InChI is InChI=1S/C13H16N4O/c1-18-8-7-17(6-2-5-14)13-9-11(10-15)3-4-12(13)16/h3-4,9H,2,6-8,16H2,1H3. The zero-order valence-corrected chi connectivity index (χ0v) is 10.4. The van der Waals surface area contributed by atoms with Gasteiger partial charge < -0.3 is 15.4 Å². The van der Waals surface area contributed by atoms with Crippen LogP contribution in [0, 0.1) is 22.7 Å². The number of anilines is 2. The van der Waals surface area contributed by atoms with Crippen LogP contribution in [0.15, 0.2) is 18.2 Å². The minimum atomic E-state index is 0.403. The van der Waals surface area contributed by atoms with E-state index in [2.05, 4.69) is 12.1 Å². The smallest absolute Gasteiger partial charge is 0.0992 e. The van der Waals surface area contributed by atoms with Crippen molar-refractivity contribution in [1.29, 1.82) is 10.5 Å². The molecule has 0 spiro atoms. The lowest BCUT2D eigenvalue weighted by Gasteiger charge is -2.25. The number of nitriles is 2. The molecular weight excluding hydrogens is 228 g/mol. The molecule has 0 fully saturated rings. The molecule has 0 aliphatic heterocycles. The van der Waals surface area contributed by atoms with Gasteiger partial charge in [0.15, 0.2) is 0 Å². The zero-order valence-electron chi connectivity index (χ0n) is 10.4. The fraction of sp³-hybridized carbons (Fsp3) is 0.385. The van der Waals surface area contributed by atoms with E-state index in [1.807, 2.05) is 4.90 Å². The Balaban J connectivity index is 2.96. The second-order valence-electron chi connectivity index (χ2n) is 3.77. The van der Waals surface area contributed by atoms with E-state index in [4.69, 9.17) is 21.0 Å². The first-order valence-electron chi connectivity index (χ1n) is 5.63. The van der Waals surface area contributed by atoms with Crippen molar-refractivity contribution in [2.75, 3.05) is 37.4 Å². The summed E-state index contributed by atoms with van der Waals surface area (Å²) in [4.78, 5) is 1.96. The summed E-state index contributed by atoms with van der Waals surface area (Å²) < 4.78 is 5.04. The van der Waals surface area contributed by atoms with Crippen molar-refractivity contribution >= 4 is 11.4 Å². The summed E-state index contributed by atoms with van der Waals surface area (Å²) in [6, 6.07) is 9.31. The molecule has 0 unspecified atom stereocenters. The molecule has 5 heteroatoms. The van der Waals surface area contributed by atoms with Crippen LogP contribution in [0.1, 0.15) is 12.0 Å². The fourth-order valence-corrected chi connectivity index (χ4v) is 1.63. The second-order valence-corrected chi connectivity index (χ2v) is 3.77. The van der Waals surface area contributed by atoms with Gasteiger partial charge in [-0.2, -0.15) is 10.5 Å². The van der Waals surface area contributed by atoms with Crippen LogP contribution in [0.5, 0.6) is 0 Å². The van der Waals surface area contributed by atoms with Gasteiger partial charge in [0.2, 0.25) is 0 Å². The molecule has 0 heterocycles. The maximum Gasteiger partial charge on any atom is 0.0992 e. The number of rotatable bonds is 6. The molecule has 18 heavy (non-hydrogen) atoms. The maximum absolute atomic E-state index is 8.90. The molecular formula is C13H16N4O. The monoisotopic (exact) mass is 244 g/mol. The maximum atomic E-state index is 8.90. The summed E-state index contributed by atoms with van der Waals surface area (Å²) in [7, 11) is 1.62. The number of nitrogens with zero attached hydrogens (tertiary/aromatic N) is 3. The molecule has 0 saturated heterocycles. The Hall–Kier alpha value is -2.24. The van der Waals surface area contributed by atoms with Crippen molar-refractivity contribution in [2.45, 2.75) is 6.42 Å². The summed E-state index contributed by atoms with van der Waals surface area (Å²) in [5.74, 6) is 0. The number of nitrogen functional groups attached to an aromatic ring is 1. The van der Waals surface area contributed by atoms with Gasteiger partial charge in [0.25, 0.3) is 0 Å². The highest BCUT2D eigenvalue weighted by molar-refractivity contribution is 5.69. The van der Waals surface area contributed by atoms with E-state index < -0.39 is 0 Å². The molecule has 1 aromatic rings. The predicted octanol–water partition coefficient (Wildman–Crippen LogP) is 1.51. The van der Waals surface area contributed by atoms with Gasteiger partial charge in [-0.1, -0.05) is 0 Å². The van der Waals surface area contributed by atoms with Gasteiger partial charge in [-0.05, 0) is 18.2 Å². The Labute approximate surface area is 107 Å². The molecule has 94 valence electrons. The number of ether oxygens (including phenoxy) is 1. The lowest BCUT2D eigenvalue weighted by atomic mass is 10.1. The van der Waals surface area contributed by atoms with Crippen LogP contribution >= 0.6 is 0 Å². The first kappa shape index (κ1) is 13.8. The fourth-order valence-electron chi connectivity index (χ4n) is 1.63. The topological polar surface area (TPSA) is 86.1 Å². The highest BCUT2D eigenvalue weighted by Crippen LogP contribution is 2.24. The summed E-state index contributed by atoms with van der Waals surface area (Å²) in [6.07, 6.45) is 0.403. The van der Waals surface area contributed by atoms with E-state index in [1.165, 1.54) is 0 Å². The van der Waals surface area contributed by atoms with E-state index in [9.17, 15) is 0 Å². The molecule has 1 rings (SSSR count). The Kier molecular flexibility index (Phi) is 5.50. The van der Waals surface area contributed by atoms with Crippen LogP contribution in [0.3, 0.4) is 0 Å². The van der Waals surface area contributed by atoms with Crippen LogP contribution in [0.4, 0.5) is 11.4 Å². The number of benzene rings is 1. The van der Waals surface area contributed by atoms with Crippen molar-refractivity contribution in [3.05, 3.63) is 23.8 Å². The van der Waals surface area contributed by atoms with Crippen LogP contribution in [0.2, 0.25) is 0 Å². The number of nitrogens with two attached hydrogens (primary N) is 1. The lowest BCUT2D eigenvalue weighted by molar-refractivity contribution is 0.205. The quantitative estimate of drug-likeness (QED) is 0.766. The van der Waals surface area contributed by atoms with E-state index in [0.29, 0.717) is 37.4 Å². The van der Waals surface area contributed by atoms with Crippen LogP contribution in [0.25, 0.3) is 0 Å². The van der Waals surface area contributed by atoms with Crippen molar-refractivity contribution in [1.82, 2.24) is 0 Å². The largest absolute Gasteiger partial charge is 0.397 e. The molecule has 5 nitrogen and oxygen atoms in total. The number of hydrogen-bond donors (Lipinski definition) is 1. The van der Waals surface area contributed by atoms with Crippen LogP contribution < -0.4 is 10.6 Å². The molecule has 2 N–H and O–H groups in total. The molecule has 0 atom stereocenters. The van der Waals surface area contributed by atoms with Gasteiger partial charge in [0.05, 0.1) is 42.1 Å². The van der Waals surface area contributed by atoms with Gasteiger partial charge in [0.1, 0.15) is 0 Å². The Morgan fingerprint density at radius 2 is 2.11 bits per heavy atom. The highest BCUT2D eigenvalue weighted by atomic mass is 16.5. The third-order valence-electron chi connectivity index (χ3n) is 2.56. The Bertz CT molecular complexity index is 473. The van der Waals surface area contributed by atoms with Gasteiger partial charge in [-0.3, -0.25) is 0 Å². The Morgan fingerprint density at radius 3 is 2.72 bits per heavy atom. The summed E-state index contributed by atoms with van der Waals surface area (Å²) >= 11 is 0. The molecule has 0 saturated carbocycles. The first-order chi connectivity index (χ1) is 8.72. The molecule has 0 aliphatic rings. The third kappa shape index (κ3) is 3.65. The molecule has 0 amide bonds. The molecule has 0 aliphatic carbocycles. The highest BCUT2D eigenvalue weighted by Gasteiger charge is 2.10. The SMILES string of the molecule is COCCN(CCC#N)c1cc(C#N)ccc1N. The van der Waals surface area contributed by atoms with Crippen molar-refractivity contribution in [3.8, 4) is 12.1 Å². The lowest BCUT2D eigenvalue weighted by Crippen LogP contribution is -2.29. The average Bonchev–Trinajstić information content (AvgIpc) is 2.40. The van der Waals surface area contributed by atoms with E-state index in [-0.39, 0.29) is 0 Å². The summed E-state index contributed by atoms with van der Waals surface area (Å²) in [5.41, 5.74) is 7.85. The zero-order chi connectivity index (χ0) is 13.4. The minimum Gasteiger partial charge on any atom is -0.397 e. The van der Waals surface area contributed by atoms with Crippen LogP contribution in [-0.2, 0) is 4.74 Å². The average molecular weight is 244 g/mol. The number of methoxy groups -OCH3 is 1. The van der Waals surface area contributed by atoms with Gasteiger partial charge >= 0.3 is 0 Å². The molecule has 0 bridgehead atoms. The van der Waals surface area contributed by atoms with Crippen molar-refractivity contribution in [3.63, 3.8) is 0 Å². The van der Waals surface area contributed by atoms with Crippen LogP contribution in [-0.4, -0.2) is 26.8 Å². The number of hydrogen-bond acceptors (Lipinski definition) is 5. The summed E-state index contributed by atoms with van der Waals surface area (Å²) in [6.45, 7) is 1.75. The molecule has 0 aromatic heterocycles. The second kappa shape index (κ2) is 7.16. The predicted molar refractivity (Wildman–Crippen MR) is 69.9 cm³/mol. The third-order valence-corrected chi connectivity index (χ3v) is 2.56. The molecule has 0 radical (unpaired) electrons. The first-order valence-corrected chi connectivity index (χ1v) is 5.63. The normalized spacial score (nSPS) is 9.50. The van der Waals surface area contributed by atoms with E-state index >= 15 is 0 Å². The van der Waals surface area contributed by atoms with Gasteiger partial charge in [-0.15, -0.1) is 0 Å². The van der Waals surface area contributed by atoms with Gasteiger partial charge in [-0.25, -0.2) is 0 Å². The van der Waals surface area contributed by atoms with Crippen molar-refractivity contribution in [2.24, 2.45) is 0 Å².